The lowest BCUT2D eigenvalue weighted by Gasteiger charge is -2.38. The minimum absolute atomic E-state index is 0.00874. The normalized spacial score (nSPS) is 24.8. The Labute approximate surface area is 165 Å². The van der Waals surface area contributed by atoms with Gasteiger partial charge >= 0.3 is 11.9 Å². The standard InChI is InChI=1S/C20H19BrO6/c21-12-16-18(27-20(24)14-9-5-2-6-10-14)15(11-17(22)25-16)26-19(23)13-7-3-1-4-8-13/h1-10,15-18,22H,11-12H2. The Morgan fingerprint density at radius 3 is 2.00 bits per heavy atom. The average molecular weight is 435 g/mol. The van der Waals surface area contributed by atoms with E-state index in [1.807, 2.05) is 0 Å². The zero-order valence-electron chi connectivity index (χ0n) is 14.4. The Kier molecular flexibility index (Phi) is 6.60. The molecule has 0 amide bonds. The summed E-state index contributed by atoms with van der Waals surface area (Å²) in [4.78, 5) is 24.9. The molecule has 1 fully saturated rings. The summed E-state index contributed by atoms with van der Waals surface area (Å²) in [5.74, 6) is -1.10. The van der Waals surface area contributed by atoms with E-state index < -0.39 is 36.5 Å². The fraction of sp³-hybridized carbons (Fsp3) is 0.300. The molecule has 0 bridgehead atoms. The largest absolute Gasteiger partial charge is 0.455 e. The van der Waals surface area contributed by atoms with Crippen molar-refractivity contribution >= 4 is 27.9 Å². The molecule has 0 aromatic heterocycles. The lowest BCUT2D eigenvalue weighted by molar-refractivity contribution is -0.225. The summed E-state index contributed by atoms with van der Waals surface area (Å²) in [6.07, 6.45) is -3.46. The van der Waals surface area contributed by atoms with Crippen LogP contribution in [0.4, 0.5) is 0 Å². The van der Waals surface area contributed by atoms with Crippen LogP contribution in [0.25, 0.3) is 0 Å². The van der Waals surface area contributed by atoms with Crippen molar-refractivity contribution in [3.8, 4) is 0 Å². The van der Waals surface area contributed by atoms with Crippen molar-refractivity contribution < 1.29 is 28.9 Å². The molecule has 2 aromatic rings. The molecule has 1 aliphatic rings. The lowest BCUT2D eigenvalue weighted by Crippen LogP contribution is -2.52. The van der Waals surface area contributed by atoms with Gasteiger partial charge in [-0.1, -0.05) is 52.3 Å². The van der Waals surface area contributed by atoms with Crippen molar-refractivity contribution in [2.75, 3.05) is 5.33 Å². The minimum Gasteiger partial charge on any atom is -0.455 e. The number of benzene rings is 2. The van der Waals surface area contributed by atoms with Crippen LogP contribution in [-0.2, 0) is 14.2 Å². The van der Waals surface area contributed by atoms with E-state index in [0.717, 1.165) is 0 Å². The van der Waals surface area contributed by atoms with Crippen LogP contribution in [0.5, 0.6) is 0 Å². The molecule has 2 aromatic carbocycles. The number of carbonyl (C=O) groups is 2. The Morgan fingerprint density at radius 1 is 0.963 bits per heavy atom. The molecule has 0 radical (unpaired) electrons. The Bertz CT molecular complexity index is 767. The van der Waals surface area contributed by atoms with E-state index in [2.05, 4.69) is 15.9 Å². The van der Waals surface area contributed by atoms with E-state index >= 15 is 0 Å². The molecule has 7 heteroatoms. The number of ether oxygens (including phenoxy) is 3. The predicted octanol–water partition coefficient (Wildman–Crippen LogP) is 2.94. The van der Waals surface area contributed by atoms with Gasteiger partial charge in [-0.15, -0.1) is 0 Å². The quantitative estimate of drug-likeness (QED) is 0.575. The van der Waals surface area contributed by atoms with Crippen LogP contribution in [0, 0.1) is 0 Å². The molecule has 0 aliphatic carbocycles. The van der Waals surface area contributed by atoms with Gasteiger partial charge in [0, 0.05) is 11.8 Å². The third-order valence-electron chi connectivity index (χ3n) is 4.17. The van der Waals surface area contributed by atoms with E-state index in [4.69, 9.17) is 14.2 Å². The van der Waals surface area contributed by atoms with Crippen LogP contribution in [0.1, 0.15) is 27.1 Å². The van der Waals surface area contributed by atoms with Gasteiger partial charge in [-0.25, -0.2) is 9.59 Å². The molecule has 1 saturated heterocycles. The molecular formula is C20H19BrO6. The van der Waals surface area contributed by atoms with Crippen LogP contribution >= 0.6 is 15.9 Å². The maximum absolute atomic E-state index is 12.5. The molecule has 142 valence electrons. The van der Waals surface area contributed by atoms with Gasteiger partial charge in [-0.3, -0.25) is 0 Å². The van der Waals surface area contributed by atoms with E-state index in [-0.39, 0.29) is 6.42 Å². The Morgan fingerprint density at radius 2 is 1.48 bits per heavy atom. The van der Waals surface area contributed by atoms with Crippen molar-refractivity contribution in [2.45, 2.75) is 31.0 Å². The van der Waals surface area contributed by atoms with Crippen molar-refractivity contribution in [1.29, 1.82) is 0 Å². The van der Waals surface area contributed by atoms with Gasteiger partial charge < -0.3 is 19.3 Å². The summed E-state index contributed by atoms with van der Waals surface area (Å²) in [5, 5.41) is 10.3. The van der Waals surface area contributed by atoms with Gasteiger partial charge in [0.2, 0.25) is 0 Å². The third-order valence-corrected chi connectivity index (χ3v) is 4.81. The van der Waals surface area contributed by atoms with E-state index in [1.165, 1.54) is 0 Å². The number of halogens is 1. The van der Waals surface area contributed by atoms with Crippen LogP contribution in [0.15, 0.2) is 60.7 Å². The van der Waals surface area contributed by atoms with Crippen molar-refractivity contribution in [1.82, 2.24) is 0 Å². The Balaban J connectivity index is 1.77. The van der Waals surface area contributed by atoms with Crippen molar-refractivity contribution in [2.24, 2.45) is 0 Å². The maximum Gasteiger partial charge on any atom is 0.338 e. The first-order valence-electron chi connectivity index (χ1n) is 8.50. The molecule has 6 nitrogen and oxygen atoms in total. The second-order valence-electron chi connectivity index (χ2n) is 6.06. The fourth-order valence-corrected chi connectivity index (χ4v) is 3.36. The van der Waals surface area contributed by atoms with Crippen molar-refractivity contribution in [3.63, 3.8) is 0 Å². The number of aliphatic hydroxyl groups excluding tert-OH is 1. The number of carbonyl (C=O) groups excluding carboxylic acids is 2. The second kappa shape index (κ2) is 9.12. The SMILES string of the molecule is O=C(OC1CC(O)OC(CBr)C1OC(=O)c1ccccc1)c1ccccc1. The molecular weight excluding hydrogens is 416 g/mol. The number of aliphatic hydroxyl groups is 1. The van der Waals surface area contributed by atoms with Gasteiger partial charge in [0.05, 0.1) is 11.1 Å². The zero-order valence-corrected chi connectivity index (χ0v) is 15.9. The average Bonchev–Trinajstić information content (AvgIpc) is 2.70. The summed E-state index contributed by atoms with van der Waals surface area (Å²) in [6.45, 7) is 0. The number of hydrogen-bond acceptors (Lipinski definition) is 6. The smallest absolute Gasteiger partial charge is 0.338 e. The van der Waals surface area contributed by atoms with Crippen LogP contribution in [0.2, 0.25) is 0 Å². The first-order valence-corrected chi connectivity index (χ1v) is 9.62. The number of alkyl halides is 1. The number of esters is 2. The topological polar surface area (TPSA) is 82.1 Å². The van der Waals surface area contributed by atoms with Gasteiger partial charge in [0.25, 0.3) is 0 Å². The highest BCUT2D eigenvalue weighted by Crippen LogP contribution is 2.27. The van der Waals surface area contributed by atoms with E-state index in [9.17, 15) is 14.7 Å². The third kappa shape index (κ3) is 4.94. The van der Waals surface area contributed by atoms with E-state index in [0.29, 0.717) is 16.5 Å². The summed E-state index contributed by atoms with van der Waals surface area (Å²) >= 11 is 3.30. The highest BCUT2D eigenvalue weighted by Gasteiger charge is 2.43. The Hall–Kier alpha value is -2.22. The van der Waals surface area contributed by atoms with Crippen molar-refractivity contribution in [3.05, 3.63) is 71.8 Å². The molecule has 27 heavy (non-hydrogen) atoms. The van der Waals surface area contributed by atoms with Crippen LogP contribution in [0.3, 0.4) is 0 Å². The van der Waals surface area contributed by atoms with Gasteiger partial charge in [-0.2, -0.15) is 0 Å². The summed E-state index contributed by atoms with van der Waals surface area (Å²) in [5.41, 5.74) is 0.757. The van der Waals surface area contributed by atoms with Gasteiger partial charge in [-0.05, 0) is 24.3 Å². The van der Waals surface area contributed by atoms with Gasteiger partial charge in [0.1, 0.15) is 12.2 Å². The second-order valence-corrected chi connectivity index (χ2v) is 6.71. The highest BCUT2D eigenvalue weighted by atomic mass is 79.9. The zero-order chi connectivity index (χ0) is 19.2. The molecule has 4 atom stereocenters. The van der Waals surface area contributed by atoms with Crippen LogP contribution < -0.4 is 0 Å². The fourth-order valence-electron chi connectivity index (χ4n) is 2.84. The summed E-state index contributed by atoms with van der Waals surface area (Å²) < 4.78 is 16.6. The molecule has 0 saturated carbocycles. The first-order chi connectivity index (χ1) is 13.1. The molecule has 1 heterocycles. The molecule has 0 spiro atoms. The number of hydrogen-bond donors (Lipinski definition) is 1. The maximum atomic E-state index is 12.5. The van der Waals surface area contributed by atoms with Crippen LogP contribution in [-0.4, -0.2) is 47.0 Å². The molecule has 1 N–H and O–H groups in total. The van der Waals surface area contributed by atoms with Gasteiger partial charge in [0.15, 0.2) is 12.4 Å². The number of rotatable bonds is 5. The molecule has 4 unspecified atom stereocenters. The molecule has 3 rings (SSSR count). The summed E-state index contributed by atoms with van der Waals surface area (Å²) in [6, 6.07) is 17.0. The molecule has 1 aliphatic heterocycles. The highest BCUT2D eigenvalue weighted by molar-refractivity contribution is 9.09. The lowest BCUT2D eigenvalue weighted by atomic mass is 10.0. The monoisotopic (exact) mass is 434 g/mol. The first kappa shape index (κ1) is 19.5. The predicted molar refractivity (Wildman–Crippen MR) is 101 cm³/mol. The van der Waals surface area contributed by atoms with E-state index in [1.54, 1.807) is 60.7 Å². The minimum atomic E-state index is -1.12. The summed E-state index contributed by atoms with van der Waals surface area (Å²) in [7, 11) is 0.